The maximum Gasteiger partial charge on any atom is 0.410 e. The fraction of sp³-hybridized carbons (Fsp3) is 0.680. The van der Waals surface area contributed by atoms with E-state index in [0.717, 1.165) is 55.1 Å². The van der Waals surface area contributed by atoms with Crippen molar-refractivity contribution in [2.45, 2.75) is 85.0 Å². The number of aryl methyl sites for hydroxylation is 1. The Bertz CT molecular complexity index is 974. The summed E-state index contributed by atoms with van der Waals surface area (Å²) in [6.45, 7) is 17.3. The molecule has 1 aliphatic rings. The number of likely N-dealkylation sites (tertiary alicyclic amines) is 1. The van der Waals surface area contributed by atoms with Gasteiger partial charge in [-0.3, -0.25) is 0 Å². The molecule has 35 heavy (non-hydrogen) atoms. The van der Waals surface area contributed by atoms with Crippen LogP contribution >= 0.6 is 0 Å². The standard InChI is InChI=1S/C25H42N6O3Si/c1-19-16-22(27-21-10-13-31(29-21)18-33-14-15-35(5,6)7)28-23(26-19)17-20-8-11-30(12-9-20)24(32)34-25(2,3)4/h10,13,16,20H,8-9,11-12,14-15,17-18H2,1-7H3,(H,26,27,28,29). The van der Waals surface area contributed by atoms with Crippen molar-refractivity contribution in [3.8, 4) is 0 Å². The summed E-state index contributed by atoms with van der Waals surface area (Å²) in [4.78, 5) is 23.5. The average Bonchev–Trinajstić information content (AvgIpc) is 3.16. The van der Waals surface area contributed by atoms with Gasteiger partial charge in [0.15, 0.2) is 5.82 Å². The number of nitrogens with zero attached hydrogens (tertiary/aromatic N) is 5. The summed E-state index contributed by atoms with van der Waals surface area (Å²) in [5, 5.41) is 7.85. The predicted octanol–water partition coefficient (Wildman–Crippen LogP) is 5.23. The highest BCUT2D eigenvalue weighted by Crippen LogP contribution is 2.23. The number of ether oxygens (including phenoxy) is 2. The molecule has 1 aliphatic heterocycles. The third-order valence-corrected chi connectivity index (χ3v) is 7.46. The highest BCUT2D eigenvalue weighted by molar-refractivity contribution is 6.76. The molecule has 1 amide bonds. The fourth-order valence-electron chi connectivity index (χ4n) is 3.86. The van der Waals surface area contributed by atoms with E-state index in [-0.39, 0.29) is 6.09 Å². The molecular weight excluding hydrogens is 460 g/mol. The quantitative estimate of drug-likeness (QED) is 0.371. The molecule has 0 atom stereocenters. The minimum absolute atomic E-state index is 0.227. The molecule has 0 bridgehead atoms. The van der Waals surface area contributed by atoms with Crippen LogP contribution in [0.2, 0.25) is 25.7 Å². The lowest BCUT2D eigenvalue weighted by atomic mass is 9.93. The SMILES string of the molecule is Cc1cc(Nc2ccn(COCC[Si](C)(C)C)n2)nc(CC2CCN(C(=O)OC(C)(C)C)CC2)n1. The second-order valence-corrected chi connectivity index (χ2v) is 17.3. The van der Waals surface area contributed by atoms with E-state index < -0.39 is 13.7 Å². The number of hydrogen-bond acceptors (Lipinski definition) is 7. The number of aromatic nitrogens is 4. The van der Waals surface area contributed by atoms with Gasteiger partial charge in [0.25, 0.3) is 0 Å². The number of piperidine rings is 1. The molecule has 9 nitrogen and oxygen atoms in total. The number of hydrogen-bond donors (Lipinski definition) is 1. The van der Waals surface area contributed by atoms with Crippen LogP contribution in [-0.2, 0) is 22.6 Å². The van der Waals surface area contributed by atoms with Gasteiger partial charge in [0.1, 0.15) is 24.0 Å². The second kappa shape index (κ2) is 11.5. The largest absolute Gasteiger partial charge is 0.444 e. The Labute approximate surface area is 210 Å². The van der Waals surface area contributed by atoms with Crippen LogP contribution in [0.5, 0.6) is 0 Å². The summed E-state index contributed by atoms with van der Waals surface area (Å²) in [5.41, 5.74) is 0.446. The van der Waals surface area contributed by atoms with E-state index in [9.17, 15) is 4.79 Å². The van der Waals surface area contributed by atoms with E-state index >= 15 is 0 Å². The van der Waals surface area contributed by atoms with Crippen molar-refractivity contribution >= 4 is 25.8 Å². The van der Waals surface area contributed by atoms with Crippen LogP contribution in [0.4, 0.5) is 16.4 Å². The average molecular weight is 503 g/mol. The Kier molecular flexibility index (Phi) is 8.93. The zero-order valence-electron chi connectivity index (χ0n) is 22.4. The molecule has 10 heteroatoms. The zero-order valence-corrected chi connectivity index (χ0v) is 23.4. The maximum atomic E-state index is 12.3. The molecule has 0 spiro atoms. The third kappa shape index (κ3) is 9.60. The lowest BCUT2D eigenvalue weighted by molar-refractivity contribution is 0.0183. The minimum Gasteiger partial charge on any atom is -0.444 e. The smallest absolute Gasteiger partial charge is 0.410 e. The van der Waals surface area contributed by atoms with Gasteiger partial charge in [0, 0.05) is 58.2 Å². The highest BCUT2D eigenvalue weighted by atomic mass is 28.3. The topological polar surface area (TPSA) is 94.4 Å². The number of carbonyl (C=O) groups excluding carboxylic acids is 1. The van der Waals surface area contributed by atoms with Crippen LogP contribution in [0.3, 0.4) is 0 Å². The van der Waals surface area contributed by atoms with Gasteiger partial charge in [-0.1, -0.05) is 19.6 Å². The van der Waals surface area contributed by atoms with Gasteiger partial charge >= 0.3 is 6.09 Å². The molecule has 3 heterocycles. The number of rotatable bonds is 9. The van der Waals surface area contributed by atoms with Crippen LogP contribution in [0.1, 0.15) is 45.1 Å². The van der Waals surface area contributed by atoms with Crippen molar-refractivity contribution in [3.63, 3.8) is 0 Å². The molecule has 2 aromatic rings. The summed E-state index contributed by atoms with van der Waals surface area (Å²) >= 11 is 0. The molecule has 1 N–H and O–H groups in total. The van der Waals surface area contributed by atoms with Gasteiger partial charge in [-0.05, 0) is 52.5 Å². The van der Waals surface area contributed by atoms with E-state index in [4.69, 9.17) is 14.5 Å². The van der Waals surface area contributed by atoms with Crippen LogP contribution in [0.25, 0.3) is 0 Å². The molecule has 0 aromatic carbocycles. The van der Waals surface area contributed by atoms with Crippen LogP contribution in [0.15, 0.2) is 18.3 Å². The third-order valence-electron chi connectivity index (χ3n) is 5.75. The maximum absolute atomic E-state index is 12.3. The van der Waals surface area contributed by atoms with Crippen molar-refractivity contribution in [3.05, 3.63) is 29.8 Å². The second-order valence-electron chi connectivity index (χ2n) is 11.6. The van der Waals surface area contributed by atoms with Gasteiger partial charge in [-0.15, -0.1) is 0 Å². The molecule has 3 rings (SSSR count). The summed E-state index contributed by atoms with van der Waals surface area (Å²) < 4.78 is 13.1. The van der Waals surface area contributed by atoms with E-state index in [1.54, 1.807) is 9.58 Å². The Morgan fingerprint density at radius 1 is 1.17 bits per heavy atom. The minimum atomic E-state index is -1.09. The summed E-state index contributed by atoms with van der Waals surface area (Å²) in [6.07, 6.45) is 4.31. The Balaban J connectivity index is 1.50. The van der Waals surface area contributed by atoms with Gasteiger partial charge in [0.2, 0.25) is 0 Å². The van der Waals surface area contributed by atoms with Crippen LogP contribution in [-0.4, -0.2) is 64.1 Å². The van der Waals surface area contributed by atoms with Gasteiger partial charge in [-0.25, -0.2) is 19.4 Å². The number of amides is 1. The van der Waals surface area contributed by atoms with Gasteiger partial charge < -0.3 is 19.7 Å². The lowest BCUT2D eigenvalue weighted by Crippen LogP contribution is -2.42. The molecule has 194 valence electrons. The first-order chi connectivity index (χ1) is 16.4. The highest BCUT2D eigenvalue weighted by Gasteiger charge is 2.27. The summed E-state index contributed by atoms with van der Waals surface area (Å²) in [5.74, 6) is 2.73. The molecular formula is C25H42N6O3Si. The number of nitrogens with one attached hydrogen (secondary N) is 1. The van der Waals surface area contributed by atoms with Crippen molar-refractivity contribution in [1.82, 2.24) is 24.6 Å². The first kappa shape index (κ1) is 27.1. The first-order valence-electron chi connectivity index (χ1n) is 12.6. The lowest BCUT2D eigenvalue weighted by Gasteiger charge is -2.33. The van der Waals surface area contributed by atoms with Crippen molar-refractivity contribution < 1.29 is 14.3 Å². The Morgan fingerprint density at radius 3 is 2.54 bits per heavy atom. The van der Waals surface area contributed by atoms with Crippen molar-refractivity contribution in [2.75, 3.05) is 25.0 Å². The number of carbonyl (C=O) groups is 1. The van der Waals surface area contributed by atoms with Gasteiger partial charge in [-0.2, -0.15) is 5.10 Å². The summed E-state index contributed by atoms with van der Waals surface area (Å²) in [7, 11) is -1.09. The van der Waals surface area contributed by atoms with E-state index in [1.165, 1.54) is 0 Å². The molecule has 2 aromatic heterocycles. The number of anilines is 2. The Morgan fingerprint density at radius 2 is 1.89 bits per heavy atom. The molecule has 1 saturated heterocycles. The van der Waals surface area contributed by atoms with Crippen molar-refractivity contribution in [1.29, 1.82) is 0 Å². The van der Waals surface area contributed by atoms with Gasteiger partial charge in [0.05, 0.1) is 0 Å². The van der Waals surface area contributed by atoms with E-state index in [2.05, 4.69) is 35.0 Å². The fourth-order valence-corrected chi connectivity index (χ4v) is 4.61. The van der Waals surface area contributed by atoms with E-state index in [1.807, 2.05) is 46.0 Å². The zero-order chi connectivity index (χ0) is 25.6. The first-order valence-corrected chi connectivity index (χ1v) is 16.3. The molecule has 0 radical (unpaired) electrons. The molecule has 0 saturated carbocycles. The summed E-state index contributed by atoms with van der Waals surface area (Å²) in [6, 6.07) is 4.99. The van der Waals surface area contributed by atoms with E-state index in [0.29, 0.717) is 25.7 Å². The molecule has 1 fully saturated rings. The Hall–Kier alpha value is -2.46. The molecule has 0 unspecified atom stereocenters. The normalized spacial score (nSPS) is 15.3. The van der Waals surface area contributed by atoms with Crippen LogP contribution in [0, 0.1) is 12.8 Å². The van der Waals surface area contributed by atoms with Crippen molar-refractivity contribution in [2.24, 2.45) is 5.92 Å². The predicted molar refractivity (Wildman–Crippen MR) is 141 cm³/mol. The monoisotopic (exact) mass is 502 g/mol. The van der Waals surface area contributed by atoms with Crippen LogP contribution < -0.4 is 5.32 Å². The molecule has 0 aliphatic carbocycles.